The Bertz CT molecular complexity index is 1920. The third-order valence-electron chi connectivity index (χ3n) is 8.47. The Balaban J connectivity index is 1.69. The number of methoxy groups -OCH3 is 1. The van der Waals surface area contributed by atoms with Gasteiger partial charge in [0.05, 0.1) is 25.8 Å². The lowest BCUT2D eigenvalue weighted by Gasteiger charge is -2.43. The number of anilines is 1. The molecule has 1 aromatic heterocycles. The first-order valence-corrected chi connectivity index (χ1v) is 17.0. The minimum atomic E-state index is -1.65. The normalized spacial score (nSPS) is 19.9. The lowest BCUT2D eigenvalue weighted by atomic mass is 9.86. The summed E-state index contributed by atoms with van der Waals surface area (Å²) in [6.45, 7) is 12.6. The molecule has 3 aromatic rings. The second-order valence-corrected chi connectivity index (χ2v) is 13.9. The number of carbonyl (C=O) groups is 5. The molecular weight excluding hydrogens is 690 g/mol. The van der Waals surface area contributed by atoms with Crippen molar-refractivity contribution in [2.45, 2.75) is 98.1 Å². The maximum absolute atomic E-state index is 14.0. The molecule has 1 aliphatic rings. The molecule has 0 radical (unpaired) electrons. The van der Waals surface area contributed by atoms with Gasteiger partial charge in [-0.25, -0.2) is 9.59 Å². The number of hydrogen-bond donors (Lipinski definition) is 2. The van der Waals surface area contributed by atoms with Crippen molar-refractivity contribution in [1.29, 1.82) is 0 Å². The lowest BCUT2D eigenvalue weighted by molar-refractivity contribution is -0.301. The van der Waals surface area contributed by atoms with Crippen LogP contribution in [0.2, 0.25) is 0 Å². The van der Waals surface area contributed by atoms with Gasteiger partial charge in [-0.2, -0.15) is 0 Å². The molecule has 4 rings (SSSR count). The molecule has 0 saturated carbocycles. The van der Waals surface area contributed by atoms with Crippen LogP contribution < -0.4 is 10.9 Å². The first kappa shape index (κ1) is 40.5. The number of H-pyrrole nitrogens is 1. The van der Waals surface area contributed by atoms with E-state index in [0.717, 1.165) is 50.0 Å². The highest BCUT2D eigenvalue weighted by Crippen LogP contribution is 2.31. The van der Waals surface area contributed by atoms with Crippen LogP contribution in [0.3, 0.4) is 0 Å². The molecule has 0 unspecified atom stereocenters. The van der Waals surface area contributed by atoms with Crippen molar-refractivity contribution < 1.29 is 52.4 Å². The van der Waals surface area contributed by atoms with Gasteiger partial charge in [-0.1, -0.05) is 50.6 Å². The number of hydrogen-bond acceptors (Lipinski definition) is 12. The number of nitrogens with one attached hydrogen (secondary N) is 2. The molecule has 1 fully saturated rings. The molecule has 53 heavy (non-hydrogen) atoms. The first-order chi connectivity index (χ1) is 24.9. The van der Waals surface area contributed by atoms with Crippen molar-refractivity contribution >= 4 is 46.5 Å². The molecule has 15 heteroatoms. The second-order valence-electron chi connectivity index (χ2n) is 13.9. The predicted octanol–water partition coefficient (Wildman–Crippen LogP) is 4.19. The van der Waals surface area contributed by atoms with Gasteiger partial charge < -0.3 is 43.6 Å². The molecule has 15 nitrogen and oxygen atoms in total. The zero-order valence-corrected chi connectivity index (χ0v) is 31.4. The maximum atomic E-state index is 14.0. The lowest BCUT2D eigenvalue weighted by Crippen LogP contribution is -2.64. The summed E-state index contributed by atoms with van der Waals surface area (Å²) >= 11 is 0. The minimum absolute atomic E-state index is 0.139. The molecule has 5 atom stereocenters. The summed E-state index contributed by atoms with van der Waals surface area (Å²) in [7, 11) is 1.08. The van der Waals surface area contributed by atoms with E-state index in [4.69, 9.17) is 28.4 Å². The fourth-order valence-corrected chi connectivity index (χ4v) is 6.24. The number of aromatic amines is 1. The van der Waals surface area contributed by atoms with Gasteiger partial charge in [0.2, 0.25) is 0 Å². The highest BCUT2D eigenvalue weighted by atomic mass is 16.7. The van der Waals surface area contributed by atoms with Gasteiger partial charge in [-0.05, 0) is 54.0 Å². The van der Waals surface area contributed by atoms with Gasteiger partial charge in [0.1, 0.15) is 0 Å². The van der Waals surface area contributed by atoms with E-state index < -0.39 is 60.6 Å². The smallest absolute Gasteiger partial charge is 0.339 e. The van der Waals surface area contributed by atoms with Crippen LogP contribution in [0, 0.1) is 13.8 Å². The predicted molar refractivity (Wildman–Crippen MR) is 192 cm³/mol. The molecule has 2 heterocycles. The molecule has 2 amide bonds. The van der Waals surface area contributed by atoms with E-state index in [2.05, 4.69) is 10.3 Å². The molecule has 1 saturated heterocycles. The van der Waals surface area contributed by atoms with E-state index in [1.54, 1.807) is 18.2 Å². The number of nitrogens with zero attached hydrogens (tertiary/aromatic N) is 1. The number of pyridine rings is 1. The third kappa shape index (κ3) is 10.2. The van der Waals surface area contributed by atoms with E-state index in [-0.39, 0.29) is 30.7 Å². The van der Waals surface area contributed by atoms with Crippen LogP contribution in [0.15, 0.2) is 47.3 Å². The summed E-state index contributed by atoms with van der Waals surface area (Å²) < 4.78 is 32.9. The number of amides is 2. The van der Waals surface area contributed by atoms with E-state index in [1.807, 2.05) is 58.9 Å². The van der Waals surface area contributed by atoms with E-state index in [9.17, 15) is 28.8 Å². The molecule has 0 bridgehead atoms. The van der Waals surface area contributed by atoms with Crippen LogP contribution in [-0.4, -0.2) is 90.8 Å². The Kier molecular flexibility index (Phi) is 13.0. The van der Waals surface area contributed by atoms with Gasteiger partial charge in [0, 0.05) is 38.6 Å². The molecule has 1 aliphatic heterocycles. The number of carbonyl (C=O) groups excluding carboxylic acids is 5. The molecule has 0 aliphatic carbocycles. The average Bonchev–Trinajstić information content (AvgIpc) is 3.05. The number of rotatable bonds is 11. The van der Waals surface area contributed by atoms with Crippen molar-refractivity contribution in [2.24, 2.45) is 0 Å². The number of para-hydroxylation sites is 1. The Morgan fingerprint density at radius 1 is 0.887 bits per heavy atom. The SMILES string of the molecule is COC(=O)[C@H]1O[C@@H](OCCN(Cc2cc3cc(C)cc(C)c3[nH]c2=O)C(=O)Nc2ccccc2C(C)(C)C)[C@H](OC(C)=O)[C@@H](OC(C)=O)[C@@H]1OC(C)=O. The monoisotopic (exact) mass is 737 g/mol. The quantitative estimate of drug-likeness (QED) is 0.211. The van der Waals surface area contributed by atoms with Crippen LogP contribution in [0.1, 0.15) is 63.8 Å². The molecule has 2 N–H and O–H groups in total. The average molecular weight is 738 g/mol. The molecular formula is C38H47N3O12. The number of fused-ring (bicyclic) bond motifs is 1. The van der Waals surface area contributed by atoms with Crippen LogP contribution in [-0.2, 0) is 59.6 Å². The summed E-state index contributed by atoms with van der Waals surface area (Å²) in [5, 5.41) is 3.76. The van der Waals surface area contributed by atoms with Gasteiger partial charge >= 0.3 is 29.9 Å². The summed E-state index contributed by atoms with van der Waals surface area (Å²) in [6, 6.07) is 12.5. The number of esters is 4. The highest BCUT2D eigenvalue weighted by molar-refractivity contribution is 5.90. The summed E-state index contributed by atoms with van der Waals surface area (Å²) in [5.41, 5.74) is 3.64. The third-order valence-corrected chi connectivity index (χ3v) is 8.47. The fraction of sp³-hybridized carbons (Fsp3) is 0.474. The topological polar surface area (TPSA) is 189 Å². The van der Waals surface area contributed by atoms with Crippen molar-refractivity contribution in [3.05, 3.63) is 75.1 Å². The Hall–Kier alpha value is -5.28. The fourth-order valence-electron chi connectivity index (χ4n) is 6.24. The van der Waals surface area contributed by atoms with Gasteiger partial charge in [0.25, 0.3) is 5.56 Å². The van der Waals surface area contributed by atoms with Gasteiger partial charge in [0.15, 0.2) is 30.7 Å². The number of aromatic nitrogens is 1. The Morgan fingerprint density at radius 3 is 2.13 bits per heavy atom. The van der Waals surface area contributed by atoms with Gasteiger partial charge in [-0.15, -0.1) is 0 Å². The van der Waals surface area contributed by atoms with Crippen molar-refractivity contribution in [2.75, 3.05) is 25.6 Å². The summed E-state index contributed by atoms with van der Waals surface area (Å²) in [6.07, 6.45) is -7.84. The second kappa shape index (κ2) is 17.0. The van der Waals surface area contributed by atoms with E-state index >= 15 is 0 Å². The van der Waals surface area contributed by atoms with Crippen LogP contribution in [0.25, 0.3) is 10.9 Å². The molecule has 0 spiro atoms. The van der Waals surface area contributed by atoms with Crippen LogP contribution in [0.5, 0.6) is 0 Å². The zero-order chi connectivity index (χ0) is 39.2. The van der Waals surface area contributed by atoms with E-state index in [0.29, 0.717) is 16.8 Å². The van der Waals surface area contributed by atoms with Crippen LogP contribution >= 0.6 is 0 Å². The molecule has 2 aromatic carbocycles. The summed E-state index contributed by atoms with van der Waals surface area (Å²) in [4.78, 5) is 81.0. The van der Waals surface area contributed by atoms with Crippen molar-refractivity contribution in [3.63, 3.8) is 0 Å². The number of ether oxygens (including phenoxy) is 6. The number of benzene rings is 2. The highest BCUT2D eigenvalue weighted by Gasteiger charge is 2.55. The Labute approximate surface area is 307 Å². The standard InChI is InChI=1S/C38H47N3O12/c1-20-16-21(2)29-25(17-20)18-26(34(45)40-29)19-41(37(47)39-28-13-11-10-12-27(28)38(6,7)8)14-15-49-36-33(52-24(5)44)31(51-23(4)43)30(50-22(3)42)32(53-36)35(46)48-9/h10-13,16-18,30-33,36H,14-15,19H2,1-9H3,(H,39,47)(H,40,45)/t30-,31-,32-,33+,36+/m0/s1. The largest absolute Gasteiger partial charge is 0.467 e. The van der Waals surface area contributed by atoms with Crippen LogP contribution in [0.4, 0.5) is 10.5 Å². The molecule has 286 valence electrons. The maximum Gasteiger partial charge on any atom is 0.339 e. The van der Waals surface area contributed by atoms with E-state index in [1.165, 1.54) is 4.90 Å². The zero-order valence-electron chi connectivity index (χ0n) is 31.4. The number of aryl methyl sites for hydroxylation is 2. The summed E-state index contributed by atoms with van der Waals surface area (Å²) in [5.74, 6) is -3.48. The van der Waals surface area contributed by atoms with Crippen molar-refractivity contribution in [1.82, 2.24) is 9.88 Å². The minimum Gasteiger partial charge on any atom is -0.467 e. The number of urea groups is 1. The Morgan fingerprint density at radius 2 is 1.51 bits per heavy atom. The van der Waals surface area contributed by atoms with Crippen molar-refractivity contribution in [3.8, 4) is 0 Å². The first-order valence-electron chi connectivity index (χ1n) is 17.0. The van der Waals surface area contributed by atoms with Gasteiger partial charge in [-0.3, -0.25) is 19.2 Å².